The maximum absolute atomic E-state index is 12.6. The minimum Gasteiger partial charge on any atom is -0.494 e. The van der Waals surface area contributed by atoms with Crippen molar-refractivity contribution in [1.82, 2.24) is 5.43 Å². The molecule has 7 nitrogen and oxygen atoms in total. The molecule has 0 bridgehead atoms. The normalized spacial score (nSPS) is 9.84. The summed E-state index contributed by atoms with van der Waals surface area (Å²) in [5, 5.41) is 0.948. The lowest BCUT2D eigenvalue weighted by Crippen LogP contribution is -2.48. The molecule has 0 fully saturated rings. The predicted octanol–water partition coefficient (Wildman–Crippen LogP) is 3.75. The van der Waals surface area contributed by atoms with E-state index in [0.29, 0.717) is 23.6 Å². The Balaban J connectivity index is 2.24. The van der Waals surface area contributed by atoms with Crippen molar-refractivity contribution in [2.75, 3.05) is 18.7 Å². The average molecular weight is 344 g/mol. The third-order valence-corrected chi connectivity index (χ3v) is 3.10. The van der Waals surface area contributed by atoms with Gasteiger partial charge in [-0.1, -0.05) is 37.3 Å². The monoisotopic (exact) mass is 344 g/mol. The number of ether oxygens (including phenoxy) is 3. The number of amides is 2. The SMILES string of the molecule is CCCOC(=O)NN(C(=O)Oc1ccccc1)c1ccccc1OC. The van der Waals surface area contributed by atoms with Crippen molar-refractivity contribution in [2.24, 2.45) is 0 Å². The zero-order chi connectivity index (χ0) is 18.1. The molecule has 0 saturated heterocycles. The molecule has 7 heteroatoms. The Kier molecular flexibility index (Phi) is 6.65. The molecule has 2 aromatic carbocycles. The zero-order valence-corrected chi connectivity index (χ0v) is 14.1. The fraction of sp³-hybridized carbons (Fsp3) is 0.222. The molecule has 0 aliphatic rings. The molecule has 2 aromatic rings. The molecule has 0 spiro atoms. The molecule has 132 valence electrons. The first-order chi connectivity index (χ1) is 12.2. The van der Waals surface area contributed by atoms with Crippen LogP contribution in [0.3, 0.4) is 0 Å². The van der Waals surface area contributed by atoms with E-state index in [1.165, 1.54) is 7.11 Å². The van der Waals surface area contributed by atoms with Crippen LogP contribution in [0.2, 0.25) is 0 Å². The number of carbonyl (C=O) groups excluding carboxylic acids is 2. The summed E-state index contributed by atoms with van der Waals surface area (Å²) in [7, 11) is 1.47. The van der Waals surface area contributed by atoms with Crippen LogP contribution in [-0.4, -0.2) is 25.9 Å². The third-order valence-electron chi connectivity index (χ3n) is 3.10. The van der Waals surface area contributed by atoms with Crippen molar-refractivity contribution in [3.63, 3.8) is 0 Å². The van der Waals surface area contributed by atoms with Gasteiger partial charge in [-0.2, -0.15) is 5.01 Å². The van der Waals surface area contributed by atoms with Gasteiger partial charge in [-0.05, 0) is 30.7 Å². The van der Waals surface area contributed by atoms with Gasteiger partial charge < -0.3 is 14.2 Å². The van der Waals surface area contributed by atoms with Crippen LogP contribution < -0.4 is 19.9 Å². The number of carbonyl (C=O) groups is 2. The van der Waals surface area contributed by atoms with Gasteiger partial charge in [0.2, 0.25) is 0 Å². The van der Waals surface area contributed by atoms with Crippen molar-refractivity contribution >= 4 is 17.9 Å². The van der Waals surface area contributed by atoms with Gasteiger partial charge in [-0.3, -0.25) is 0 Å². The van der Waals surface area contributed by atoms with Gasteiger partial charge in [-0.25, -0.2) is 15.0 Å². The summed E-state index contributed by atoms with van der Waals surface area (Å²) >= 11 is 0. The number of para-hydroxylation sites is 3. The van der Waals surface area contributed by atoms with E-state index in [4.69, 9.17) is 14.2 Å². The number of nitrogens with one attached hydrogen (secondary N) is 1. The first-order valence-electron chi connectivity index (χ1n) is 7.79. The Bertz CT molecular complexity index is 706. The fourth-order valence-electron chi connectivity index (χ4n) is 1.97. The Morgan fingerprint density at radius 2 is 1.72 bits per heavy atom. The van der Waals surface area contributed by atoms with Crippen LogP contribution in [0.15, 0.2) is 54.6 Å². The molecule has 0 radical (unpaired) electrons. The quantitative estimate of drug-likeness (QED) is 0.836. The Hall–Kier alpha value is -3.22. The molecular formula is C18H20N2O5. The summed E-state index contributed by atoms with van der Waals surface area (Å²) in [6.45, 7) is 2.11. The number of methoxy groups -OCH3 is 1. The molecule has 0 heterocycles. The Morgan fingerprint density at radius 3 is 2.40 bits per heavy atom. The standard InChI is InChI=1S/C18H20N2O5/c1-3-13-24-17(21)19-20(15-11-7-8-12-16(15)23-2)18(22)25-14-9-5-4-6-10-14/h4-12H,3,13H2,1-2H3,(H,19,21). The van der Waals surface area contributed by atoms with Crippen LogP contribution in [0.4, 0.5) is 15.3 Å². The first kappa shape index (κ1) is 18.1. The van der Waals surface area contributed by atoms with Crippen LogP contribution >= 0.6 is 0 Å². The van der Waals surface area contributed by atoms with Gasteiger partial charge in [0.05, 0.1) is 13.7 Å². The van der Waals surface area contributed by atoms with Gasteiger partial charge in [0.15, 0.2) is 0 Å². The number of hydrogen-bond donors (Lipinski definition) is 1. The van der Waals surface area contributed by atoms with Crippen LogP contribution in [0.5, 0.6) is 11.5 Å². The summed E-state index contributed by atoms with van der Waals surface area (Å²) in [4.78, 5) is 24.5. The molecule has 2 rings (SSSR count). The predicted molar refractivity (Wildman–Crippen MR) is 92.7 cm³/mol. The summed E-state index contributed by atoms with van der Waals surface area (Å²) in [6, 6.07) is 15.3. The highest BCUT2D eigenvalue weighted by Crippen LogP contribution is 2.27. The second kappa shape index (κ2) is 9.17. The maximum Gasteiger partial charge on any atom is 0.439 e. The van der Waals surface area contributed by atoms with E-state index in [2.05, 4.69) is 5.43 Å². The van der Waals surface area contributed by atoms with E-state index >= 15 is 0 Å². The minimum atomic E-state index is -0.802. The van der Waals surface area contributed by atoms with Crippen LogP contribution in [-0.2, 0) is 4.74 Å². The molecular weight excluding hydrogens is 324 g/mol. The van der Waals surface area contributed by atoms with Crippen LogP contribution in [0, 0.1) is 0 Å². The summed E-state index contributed by atoms with van der Waals surface area (Å²) in [5.74, 6) is 0.736. The highest BCUT2D eigenvalue weighted by molar-refractivity contribution is 5.93. The molecule has 2 amide bonds. The molecule has 0 unspecified atom stereocenters. The lowest BCUT2D eigenvalue weighted by Gasteiger charge is -2.23. The largest absolute Gasteiger partial charge is 0.494 e. The number of anilines is 1. The molecule has 0 atom stereocenters. The number of hydrogen-bond acceptors (Lipinski definition) is 5. The van der Waals surface area contributed by atoms with Gasteiger partial charge in [-0.15, -0.1) is 0 Å². The van der Waals surface area contributed by atoms with Gasteiger partial charge in [0, 0.05) is 0 Å². The summed E-state index contributed by atoms with van der Waals surface area (Å²) in [6.07, 6.45) is -0.904. The zero-order valence-electron chi connectivity index (χ0n) is 14.1. The van der Waals surface area contributed by atoms with Gasteiger partial charge in [0.25, 0.3) is 0 Å². The van der Waals surface area contributed by atoms with E-state index in [0.717, 1.165) is 5.01 Å². The van der Waals surface area contributed by atoms with E-state index < -0.39 is 12.2 Å². The van der Waals surface area contributed by atoms with Crippen LogP contribution in [0.1, 0.15) is 13.3 Å². The highest BCUT2D eigenvalue weighted by Gasteiger charge is 2.24. The smallest absolute Gasteiger partial charge is 0.439 e. The molecule has 0 saturated carbocycles. The average Bonchev–Trinajstić information content (AvgIpc) is 2.65. The highest BCUT2D eigenvalue weighted by atomic mass is 16.6. The maximum atomic E-state index is 12.6. The first-order valence-corrected chi connectivity index (χ1v) is 7.79. The van der Waals surface area contributed by atoms with E-state index in [1.807, 2.05) is 6.92 Å². The number of rotatable bonds is 5. The van der Waals surface area contributed by atoms with E-state index in [1.54, 1.807) is 54.6 Å². The van der Waals surface area contributed by atoms with Crippen molar-refractivity contribution in [3.8, 4) is 11.5 Å². The number of benzene rings is 2. The molecule has 0 aromatic heterocycles. The van der Waals surface area contributed by atoms with Crippen molar-refractivity contribution in [2.45, 2.75) is 13.3 Å². The lowest BCUT2D eigenvalue weighted by molar-refractivity contribution is 0.143. The summed E-state index contributed by atoms with van der Waals surface area (Å²) in [5.41, 5.74) is 2.70. The second-order valence-corrected chi connectivity index (χ2v) is 4.94. The van der Waals surface area contributed by atoms with E-state index in [-0.39, 0.29) is 6.61 Å². The molecule has 25 heavy (non-hydrogen) atoms. The number of hydrazine groups is 1. The van der Waals surface area contributed by atoms with Crippen molar-refractivity contribution in [1.29, 1.82) is 0 Å². The Labute approximate surface area is 146 Å². The summed E-state index contributed by atoms with van der Waals surface area (Å²) < 4.78 is 15.5. The Morgan fingerprint density at radius 1 is 1.04 bits per heavy atom. The third kappa shape index (κ3) is 5.13. The van der Waals surface area contributed by atoms with Crippen molar-refractivity contribution in [3.05, 3.63) is 54.6 Å². The topological polar surface area (TPSA) is 77.1 Å². The van der Waals surface area contributed by atoms with Crippen LogP contribution in [0.25, 0.3) is 0 Å². The number of nitrogens with zero attached hydrogens (tertiary/aromatic N) is 1. The molecule has 0 aliphatic heterocycles. The minimum absolute atomic E-state index is 0.235. The van der Waals surface area contributed by atoms with E-state index in [9.17, 15) is 9.59 Å². The fourth-order valence-corrected chi connectivity index (χ4v) is 1.97. The lowest BCUT2D eigenvalue weighted by atomic mass is 10.3. The van der Waals surface area contributed by atoms with Crippen molar-refractivity contribution < 1.29 is 23.8 Å². The van der Waals surface area contributed by atoms with Gasteiger partial charge >= 0.3 is 12.2 Å². The van der Waals surface area contributed by atoms with Gasteiger partial charge in [0.1, 0.15) is 17.2 Å². The molecule has 0 aliphatic carbocycles. The molecule has 1 N–H and O–H groups in total. The second-order valence-electron chi connectivity index (χ2n) is 4.94.